The minimum absolute atomic E-state index is 0.0260. The molecule has 3 aromatic rings. The second-order valence-corrected chi connectivity index (χ2v) is 9.41. The van der Waals surface area contributed by atoms with Crippen LogP contribution in [0, 0.1) is 6.92 Å². The predicted octanol–water partition coefficient (Wildman–Crippen LogP) is 5.32. The van der Waals surface area contributed by atoms with Crippen LogP contribution < -0.4 is 9.64 Å². The number of nitrogens with zero attached hydrogens (tertiary/aromatic N) is 2. The van der Waals surface area contributed by atoms with Gasteiger partial charge in [-0.1, -0.05) is 51.1 Å². The molecule has 174 valence electrons. The van der Waals surface area contributed by atoms with Gasteiger partial charge >= 0.3 is 0 Å². The predicted molar refractivity (Wildman–Crippen MR) is 132 cm³/mol. The second kappa shape index (κ2) is 8.78. The number of para-hydroxylation sites is 2. The van der Waals surface area contributed by atoms with Crippen LogP contribution in [0.3, 0.4) is 0 Å². The molecular formula is C28H28N2O4. The quantitative estimate of drug-likeness (QED) is 0.326. The van der Waals surface area contributed by atoms with Crippen LogP contribution in [0.4, 0.5) is 5.69 Å². The molecule has 4 rings (SSSR count). The number of anilines is 1. The van der Waals surface area contributed by atoms with Crippen molar-refractivity contribution < 1.29 is 19.4 Å². The zero-order valence-corrected chi connectivity index (χ0v) is 20.0. The molecule has 34 heavy (non-hydrogen) atoms. The Morgan fingerprint density at radius 3 is 2.44 bits per heavy atom. The summed E-state index contributed by atoms with van der Waals surface area (Å²) in [6, 6.07) is 15.5. The first-order valence-corrected chi connectivity index (χ1v) is 11.1. The maximum Gasteiger partial charge on any atom is 0.300 e. The highest BCUT2D eigenvalue weighted by Gasteiger charge is 2.48. The van der Waals surface area contributed by atoms with E-state index in [1.54, 1.807) is 48.8 Å². The maximum atomic E-state index is 13.4. The number of aryl methyl sites for hydroxylation is 1. The van der Waals surface area contributed by atoms with Crippen molar-refractivity contribution in [3.05, 3.63) is 94.8 Å². The Hall–Kier alpha value is -3.93. The number of Topliss-reactive ketones (excluding diaryl/α,β-unsaturated/α-hetero) is 1. The zero-order chi connectivity index (χ0) is 24.6. The van der Waals surface area contributed by atoms with E-state index in [1.165, 1.54) is 12.0 Å². The van der Waals surface area contributed by atoms with Crippen molar-refractivity contribution in [2.45, 2.75) is 39.2 Å². The number of ketones is 1. The van der Waals surface area contributed by atoms with E-state index in [-0.39, 0.29) is 16.7 Å². The maximum absolute atomic E-state index is 13.4. The topological polar surface area (TPSA) is 79.7 Å². The van der Waals surface area contributed by atoms with Crippen LogP contribution in [0.1, 0.15) is 49.1 Å². The van der Waals surface area contributed by atoms with Crippen LogP contribution in [-0.2, 0) is 15.0 Å². The minimum atomic E-state index is -0.859. The lowest BCUT2D eigenvalue weighted by molar-refractivity contribution is -0.132. The fourth-order valence-electron chi connectivity index (χ4n) is 4.25. The fourth-order valence-corrected chi connectivity index (χ4v) is 4.25. The minimum Gasteiger partial charge on any atom is -0.507 e. The van der Waals surface area contributed by atoms with Gasteiger partial charge in [-0.25, -0.2) is 0 Å². The van der Waals surface area contributed by atoms with E-state index in [2.05, 4.69) is 25.8 Å². The number of hydrogen-bond acceptors (Lipinski definition) is 5. The number of aliphatic hydroxyl groups excluding tert-OH is 1. The molecule has 6 heteroatoms. The van der Waals surface area contributed by atoms with Gasteiger partial charge in [0.25, 0.3) is 11.7 Å². The molecule has 0 spiro atoms. The van der Waals surface area contributed by atoms with Crippen LogP contribution in [-0.4, -0.2) is 28.9 Å². The van der Waals surface area contributed by atoms with Gasteiger partial charge in [-0.2, -0.15) is 0 Å². The standard InChI is InChI=1S/C28H28N2O4/c1-17-12-13-19(28(2,3)4)15-20(17)25(31)23-24(18-9-8-14-29-16-18)30(27(33)26(23)32)21-10-6-7-11-22(21)34-5/h6-16,24,31H,1-5H3/b25-23+. The number of carbonyl (C=O) groups excluding carboxylic acids is 2. The number of aliphatic hydroxyl groups is 1. The molecule has 1 saturated heterocycles. The molecule has 0 aliphatic carbocycles. The number of pyridine rings is 1. The van der Waals surface area contributed by atoms with E-state index in [0.717, 1.165) is 11.1 Å². The van der Waals surface area contributed by atoms with E-state index in [4.69, 9.17) is 4.74 Å². The van der Waals surface area contributed by atoms with Gasteiger partial charge in [0.2, 0.25) is 0 Å². The molecule has 2 heterocycles. The van der Waals surface area contributed by atoms with Crippen molar-refractivity contribution in [1.29, 1.82) is 0 Å². The third-order valence-corrected chi connectivity index (χ3v) is 6.15. The van der Waals surface area contributed by atoms with Gasteiger partial charge in [0.15, 0.2) is 0 Å². The largest absolute Gasteiger partial charge is 0.507 e. The third-order valence-electron chi connectivity index (χ3n) is 6.15. The molecule has 1 aromatic heterocycles. The first-order valence-electron chi connectivity index (χ1n) is 11.1. The fraction of sp³-hybridized carbons (Fsp3) is 0.250. The summed E-state index contributed by atoms with van der Waals surface area (Å²) in [6.07, 6.45) is 3.22. The molecule has 1 fully saturated rings. The van der Waals surface area contributed by atoms with Gasteiger partial charge in [0.05, 0.1) is 24.4 Å². The van der Waals surface area contributed by atoms with Crippen molar-refractivity contribution in [3.8, 4) is 5.75 Å². The molecule has 1 N–H and O–H groups in total. The molecule has 6 nitrogen and oxygen atoms in total. The molecule has 1 aliphatic heterocycles. The first kappa shape index (κ1) is 23.2. The molecule has 1 unspecified atom stereocenters. The number of rotatable bonds is 4. The van der Waals surface area contributed by atoms with Crippen molar-refractivity contribution >= 4 is 23.1 Å². The number of carbonyl (C=O) groups is 2. The summed E-state index contributed by atoms with van der Waals surface area (Å²) < 4.78 is 5.48. The van der Waals surface area contributed by atoms with Crippen LogP contribution >= 0.6 is 0 Å². The summed E-state index contributed by atoms with van der Waals surface area (Å²) in [5.41, 5.74) is 3.27. The van der Waals surface area contributed by atoms with E-state index in [0.29, 0.717) is 22.6 Å². The van der Waals surface area contributed by atoms with Crippen LogP contribution in [0.15, 0.2) is 72.6 Å². The molecular weight excluding hydrogens is 428 g/mol. The molecule has 0 radical (unpaired) electrons. The summed E-state index contributed by atoms with van der Waals surface area (Å²) in [5, 5.41) is 11.5. The number of ether oxygens (including phenoxy) is 1. The molecule has 0 saturated carbocycles. The van der Waals surface area contributed by atoms with Gasteiger partial charge in [-0.15, -0.1) is 0 Å². The summed E-state index contributed by atoms with van der Waals surface area (Å²) in [5.74, 6) is -1.24. The normalized spacial score (nSPS) is 17.8. The van der Waals surface area contributed by atoms with Crippen LogP contribution in [0.2, 0.25) is 0 Å². The van der Waals surface area contributed by atoms with E-state index in [9.17, 15) is 14.7 Å². The highest BCUT2D eigenvalue weighted by atomic mass is 16.5. The highest BCUT2D eigenvalue weighted by Crippen LogP contribution is 2.45. The molecule has 0 bridgehead atoms. The number of amides is 1. The third kappa shape index (κ3) is 3.96. The Kier molecular flexibility index (Phi) is 6.00. The average Bonchev–Trinajstić information content (AvgIpc) is 3.09. The lowest BCUT2D eigenvalue weighted by atomic mass is 9.84. The van der Waals surface area contributed by atoms with Crippen LogP contribution in [0.5, 0.6) is 5.75 Å². The highest BCUT2D eigenvalue weighted by molar-refractivity contribution is 6.52. The zero-order valence-electron chi connectivity index (χ0n) is 20.0. The molecule has 1 amide bonds. The smallest absolute Gasteiger partial charge is 0.300 e. The van der Waals surface area contributed by atoms with E-state index >= 15 is 0 Å². The summed E-state index contributed by atoms with van der Waals surface area (Å²) in [4.78, 5) is 32.4. The second-order valence-electron chi connectivity index (χ2n) is 9.41. The Morgan fingerprint density at radius 2 is 1.79 bits per heavy atom. The summed E-state index contributed by atoms with van der Waals surface area (Å²) in [6.45, 7) is 8.12. The summed E-state index contributed by atoms with van der Waals surface area (Å²) in [7, 11) is 1.51. The van der Waals surface area contributed by atoms with Gasteiger partial charge in [-0.05, 0) is 53.3 Å². The van der Waals surface area contributed by atoms with Gasteiger partial charge in [0, 0.05) is 18.0 Å². The number of hydrogen-bond donors (Lipinski definition) is 1. The number of aromatic nitrogens is 1. The average molecular weight is 457 g/mol. The Labute approximate surface area is 199 Å². The Balaban J connectivity index is 1.99. The van der Waals surface area contributed by atoms with E-state index in [1.807, 2.05) is 25.1 Å². The number of benzene rings is 2. The van der Waals surface area contributed by atoms with Crippen LogP contribution in [0.25, 0.3) is 5.76 Å². The molecule has 1 atom stereocenters. The van der Waals surface area contributed by atoms with Crippen molar-refractivity contribution in [2.75, 3.05) is 12.0 Å². The first-order chi connectivity index (χ1) is 16.1. The lowest BCUT2D eigenvalue weighted by Crippen LogP contribution is -2.29. The van der Waals surface area contributed by atoms with Crippen molar-refractivity contribution in [3.63, 3.8) is 0 Å². The van der Waals surface area contributed by atoms with Crippen molar-refractivity contribution in [1.82, 2.24) is 4.98 Å². The summed E-state index contributed by atoms with van der Waals surface area (Å²) >= 11 is 0. The molecule has 1 aliphatic rings. The Bertz CT molecular complexity index is 1290. The SMILES string of the molecule is COc1ccccc1N1C(=O)C(=O)/C(=C(/O)c2cc(C(C)(C)C)ccc2C)C1c1cccnc1. The van der Waals surface area contributed by atoms with Gasteiger partial charge in [0.1, 0.15) is 11.5 Å². The van der Waals surface area contributed by atoms with Gasteiger partial charge in [-0.3, -0.25) is 19.5 Å². The van der Waals surface area contributed by atoms with E-state index < -0.39 is 17.7 Å². The van der Waals surface area contributed by atoms with Crippen molar-refractivity contribution in [2.24, 2.45) is 0 Å². The monoisotopic (exact) mass is 456 g/mol. The van der Waals surface area contributed by atoms with Gasteiger partial charge < -0.3 is 9.84 Å². The molecule has 2 aromatic carbocycles. The number of methoxy groups -OCH3 is 1. The lowest BCUT2D eigenvalue weighted by Gasteiger charge is -2.26. The Morgan fingerprint density at radius 1 is 1.06 bits per heavy atom.